The second-order valence-electron chi connectivity index (χ2n) is 5.05. The molecule has 0 unspecified atom stereocenters. The zero-order chi connectivity index (χ0) is 15.9. The summed E-state index contributed by atoms with van der Waals surface area (Å²) in [7, 11) is 0. The summed E-state index contributed by atoms with van der Waals surface area (Å²) in [6.45, 7) is 5.73. The predicted molar refractivity (Wildman–Crippen MR) is 91.0 cm³/mol. The van der Waals surface area contributed by atoms with Crippen LogP contribution in [-0.2, 0) is 0 Å². The second kappa shape index (κ2) is 5.66. The Hall–Kier alpha value is -1.98. The molecule has 0 atom stereocenters. The minimum absolute atomic E-state index is 0.139. The number of aromatic nitrogens is 2. The zero-order valence-corrected chi connectivity index (χ0v) is 14.0. The van der Waals surface area contributed by atoms with E-state index in [4.69, 9.17) is 11.6 Å². The first kappa shape index (κ1) is 14.9. The number of nitrogens with one attached hydrogen (secondary N) is 1. The fourth-order valence-corrected chi connectivity index (χ4v) is 3.71. The van der Waals surface area contributed by atoms with Gasteiger partial charge in [-0.3, -0.25) is 4.79 Å². The van der Waals surface area contributed by atoms with E-state index in [2.05, 4.69) is 15.3 Å². The van der Waals surface area contributed by atoms with Crippen LogP contribution in [0.1, 0.15) is 26.8 Å². The maximum Gasteiger partial charge on any atom is 0.266 e. The summed E-state index contributed by atoms with van der Waals surface area (Å²) in [5.41, 5.74) is 2.54. The molecule has 0 saturated carbocycles. The molecule has 0 aliphatic heterocycles. The third kappa shape index (κ3) is 2.69. The van der Waals surface area contributed by atoms with Gasteiger partial charge in [-0.05, 0) is 50.6 Å². The predicted octanol–water partition coefficient (Wildman–Crippen LogP) is 4.52. The first-order valence-corrected chi connectivity index (χ1v) is 7.96. The molecule has 0 radical (unpaired) electrons. The van der Waals surface area contributed by atoms with Crippen LogP contribution >= 0.6 is 22.9 Å². The number of aryl methyl sites for hydroxylation is 3. The van der Waals surface area contributed by atoms with Crippen LogP contribution in [-0.4, -0.2) is 15.9 Å². The molecule has 1 N–H and O–H groups in total. The van der Waals surface area contributed by atoms with E-state index in [0.717, 1.165) is 27.3 Å². The highest BCUT2D eigenvalue weighted by molar-refractivity contribution is 7.20. The molecule has 1 amide bonds. The first-order chi connectivity index (χ1) is 10.5. The highest BCUT2D eigenvalue weighted by atomic mass is 35.5. The monoisotopic (exact) mass is 331 g/mol. The molecule has 0 aliphatic carbocycles. The minimum atomic E-state index is -0.139. The summed E-state index contributed by atoms with van der Waals surface area (Å²) >= 11 is 7.24. The van der Waals surface area contributed by atoms with Crippen molar-refractivity contribution in [1.82, 2.24) is 9.97 Å². The highest BCUT2D eigenvalue weighted by Gasteiger charge is 2.18. The van der Waals surface area contributed by atoms with Crippen LogP contribution in [0.4, 0.5) is 5.69 Å². The molecular formula is C16H14ClN3OS. The smallest absolute Gasteiger partial charge is 0.266 e. The number of carbonyl (C=O) groups excluding carboxylic acids is 1. The molecule has 1 aromatic carbocycles. The molecule has 0 aliphatic rings. The number of hydrogen-bond acceptors (Lipinski definition) is 4. The normalized spacial score (nSPS) is 10.9. The van der Waals surface area contributed by atoms with Gasteiger partial charge in [0.2, 0.25) is 0 Å². The molecule has 0 bridgehead atoms. The fourth-order valence-electron chi connectivity index (χ4n) is 2.41. The molecule has 3 rings (SSSR count). The number of anilines is 1. The Morgan fingerprint density at radius 3 is 2.50 bits per heavy atom. The molecular weight excluding hydrogens is 318 g/mol. The molecule has 0 spiro atoms. The van der Waals surface area contributed by atoms with E-state index < -0.39 is 0 Å². The Kier molecular flexibility index (Phi) is 3.85. The van der Waals surface area contributed by atoms with Crippen molar-refractivity contribution in [3.05, 3.63) is 51.2 Å². The maximum atomic E-state index is 12.5. The van der Waals surface area contributed by atoms with Gasteiger partial charge in [0.15, 0.2) is 0 Å². The average molecular weight is 332 g/mol. The number of amides is 1. The number of carbonyl (C=O) groups is 1. The van der Waals surface area contributed by atoms with Crippen LogP contribution in [0.3, 0.4) is 0 Å². The van der Waals surface area contributed by atoms with E-state index in [0.29, 0.717) is 15.6 Å². The molecule has 4 nitrogen and oxygen atoms in total. The van der Waals surface area contributed by atoms with Crippen LogP contribution in [0.25, 0.3) is 10.2 Å². The Morgan fingerprint density at radius 2 is 1.82 bits per heavy atom. The molecule has 3 aromatic rings. The lowest BCUT2D eigenvalue weighted by Gasteiger charge is -2.04. The van der Waals surface area contributed by atoms with E-state index in [1.807, 2.05) is 20.8 Å². The molecule has 22 heavy (non-hydrogen) atoms. The van der Waals surface area contributed by atoms with Crippen LogP contribution in [0, 0.1) is 20.8 Å². The number of thiophene rings is 1. The Labute approximate surface area is 137 Å². The van der Waals surface area contributed by atoms with Gasteiger partial charge in [0.1, 0.15) is 10.7 Å². The van der Waals surface area contributed by atoms with E-state index in [1.165, 1.54) is 11.3 Å². The number of hydrogen-bond donors (Lipinski definition) is 1. The van der Waals surface area contributed by atoms with Crippen LogP contribution in [0.2, 0.25) is 5.02 Å². The lowest BCUT2D eigenvalue weighted by atomic mass is 10.1. The highest BCUT2D eigenvalue weighted by Crippen LogP contribution is 2.31. The summed E-state index contributed by atoms with van der Waals surface area (Å²) < 4.78 is 0. The van der Waals surface area contributed by atoms with Crippen molar-refractivity contribution in [2.24, 2.45) is 0 Å². The lowest BCUT2D eigenvalue weighted by molar-refractivity contribution is 0.103. The van der Waals surface area contributed by atoms with Crippen LogP contribution < -0.4 is 5.32 Å². The van der Waals surface area contributed by atoms with Gasteiger partial charge >= 0.3 is 0 Å². The number of nitrogens with zero attached hydrogens (tertiary/aromatic N) is 2. The van der Waals surface area contributed by atoms with Gasteiger partial charge in [0, 0.05) is 21.8 Å². The maximum absolute atomic E-state index is 12.5. The molecule has 112 valence electrons. The van der Waals surface area contributed by atoms with Gasteiger partial charge in [-0.25, -0.2) is 9.97 Å². The summed E-state index contributed by atoms with van der Waals surface area (Å²) in [6, 6.07) is 7.04. The van der Waals surface area contributed by atoms with Crippen molar-refractivity contribution >= 4 is 44.7 Å². The average Bonchev–Trinajstić information content (AvgIpc) is 2.78. The van der Waals surface area contributed by atoms with Crippen molar-refractivity contribution in [2.45, 2.75) is 20.8 Å². The summed E-state index contributed by atoms with van der Waals surface area (Å²) in [5.74, 6) is 0.579. The van der Waals surface area contributed by atoms with Crippen molar-refractivity contribution < 1.29 is 4.79 Å². The van der Waals surface area contributed by atoms with Gasteiger partial charge in [-0.2, -0.15) is 0 Å². The van der Waals surface area contributed by atoms with Gasteiger partial charge in [-0.1, -0.05) is 11.6 Å². The van der Waals surface area contributed by atoms with E-state index >= 15 is 0 Å². The Balaban J connectivity index is 1.99. The second-order valence-corrected chi connectivity index (χ2v) is 6.49. The van der Waals surface area contributed by atoms with Gasteiger partial charge in [-0.15, -0.1) is 11.3 Å². The number of fused-ring (bicyclic) bond motifs is 1. The number of rotatable bonds is 2. The lowest BCUT2D eigenvalue weighted by Crippen LogP contribution is -2.11. The van der Waals surface area contributed by atoms with Crippen molar-refractivity contribution in [2.75, 3.05) is 5.32 Å². The first-order valence-electron chi connectivity index (χ1n) is 6.77. The fraction of sp³-hybridized carbons (Fsp3) is 0.188. The third-order valence-corrected chi connectivity index (χ3v) is 4.83. The zero-order valence-electron chi connectivity index (χ0n) is 12.4. The third-order valence-electron chi connectivity index (χ3n) is 3.39. The molecule has 2 heterocycles. The van der Waals surface area contributed by atoms with Gasteiger partial charge < -0.3 is 5.32 Å². The molecule has 0 saturated heterocycles. The SMILES string of the molecule is Cc1nc(C)c2c(C)c(C(=O)Nc3ccc(Cl)cc3)sc2n1. The number of halogens is 1. The summed E-state index contributed by atoms with van der Waals surface area (Å²) in [5, 5.41) is 4.49. The Bertz CT molecular complexity index is 871. The van der Waals surface area contributed by atoms with Gasteiger partial charge in [0.25, 0.3) is 5.91 Å². The van der Waals surface area contributed by atoms with Crippen LogP contribution in [0.5, 0.6) is 0 Å². The topological polar surface area (TPSA) is 54.9 Å². The van der Waals surface area contributed by atoms with E-state index in [9.17, 15) is 4.79 Å². The molecule has 6 heteroatoms. The van der Waals surface area contributed by atoms with E-state index in [-0.39, 0.29) is 5.91 Å². The van der Waals surface area contributed by atoms with Crippen molar-refractivity contribution in [3.8, 4) is 0 Å². The largest absolute Gasteiger partial charge is 0.321 e. The number of benzene rings is 1. The summed E-state index contributed by atoms with van der Waals surface area (Å²) in [4.78, 5) is 22.8. The summed E-state index contributed by atoms with van der Waals surface area (Å²) in [6.07, 6.45) is 0. The van der Waals surface area contributed by atoms with E-state index in [1.54, 1.807) is 24.3 Å². The quantitative estimate of drug-likeness (QED) is 0.751. The molecule has 0 fully saturated rings. The van der Waals surface area contributed by atoms with Crippen LogP contribution in [0.15, 0.2) is 24.3 Å². The Morgan fingerprint density at radius 1 is 1.14 bits per heavy atom. The molecule has 2 aromatic heterocycles. The van der Waals surface area contributed by atoms with Crippen molar-refractivity contribution in [3.63, 3.8) is 0 Å². The van der Waals surface area contributed by atoms with Crippen molar-refractivity contribution in [1.29, 1.82) is 0 Å². The minimum Gasteiger partial charge on any atom is -0.321 e. The van der Waals surface area contributed by atoms with Gasteiger partial charge in [0.05, 0.1) is 4.88 Å². The standard InChI is InChI=1S/C16H14ClN3OS/c1-8-13-9(2)18-10(3)19-16(13)22-14(8)15(21)20-12-6-4-11(17)5-7-12/h4-7H,1-3H3,(H,20,21).